The van der Waals surface area contributed by atoms with Gasteiger partial charge in [-0.2, -0.15) is 0 Å². The van der Waals surface area contributed by atoms with E-state index in [0.717, 1.165) is 44.2 Å². The zero-order valence-electron chi connectivity index (χ0n) is 11.0. The standard InChI is InChI=1S/C13H19NO4/c1-3-17-13(15)12-8-11(10(2)18-12)9-14-4-6-16-7-5-14/h8H,3-7,9H2,1-2H3/p+1. The number of quaternary nitrogens is 1. The molecular formula is C13H20NO4+. The highest BCUT2D eigenvalue weighted by Crippen LogP contribution is 2.14. The Morgan fingerprint density at radius 3 is 2.83 bits per heavy atom. The summed E-state index contributed by atoms with van der Waals surface area (Å²) in [6.07, 6.45) is 0. The minimum Gasteiger partial charge on any atom is -0.460 e. The highest BCUT2D eigenvalue weighted by molar-refractivity contribution is 5.86. The SMILES string of the molecule is CCOC(=O)c1cc(C[NH+]2CCOCC2)c(C)o1. The van der Waals surface area contributed by atoms with Crippen LogP contribution in [-0.2, 0) is 16.0 Å². The first-order valence-corrected chi connectivity index (χ1v) is 6.38. The fourth-order valence-electron chi connectivity index (χ4n) is 2.10. The lowest BCUT2D eigenvalue weighted by Gasteiger charge is -2.23. The minimum absolute atomic E-state index is 0.303. The molecule has 1 aromatic heterocycles. The molecule has 2 rings (SSSR count). The number of esters is 1. The van der Waals surface area contributed by atoms with Gasteiger partial charge in [-0.05, 0) is 13.8 Å². The van der Waals surface area contributed by atoms with Crippen LogP contribution in [-0.4, -0.2) is 38.9 Å². The van der Waals surface area contributed by atoms with Crippen molar-refractivity contribution in [3.8, 4) is 0 Å². The van der Waals surface area contributed by atoms with Crippen LogP contribution in [0.5, 0.6) is 0 Å². The van der Waals surface area contributed by atoms with E-state index >= 15 is 0 Å². The van der Waals surface area contributed by atoms with E-state index in [9.17, 15) is 4.79 Å². The van der Waals surface area contributed by atoms with Crippen molar-refractivity contribution in [2.75, 3.05) is 32.9 Å². The Hall–Kier alpha value is -1.33. The second-order valence-electron chi connectivity index (χ2n) is 4.45. The van der Waals surface area contributed by atoms with Crippen molar-refractivity contribution in [2.45, 2.75) is 20.4 Å². The number of furan rings is 1. The molecular weight excluding hydrogens is 234 g/mol. The highest BCUT2D eigenvalue weighted by Gasteiger charge is 2.20. The van der Waals surface area contributed by atoms with Crippen LogP contribution in [0.1, 0.15) is 28.8 Å². The van der Waals surface area contributed by atoms with Gasteiger partial charge in [-0.1, -0.05) is 0 Å². The number of ether oxygens (including phenoxy) is 2. The normalized spacial score (nSPS) is 16.8. The van der Waals surface area contributed by atoms with Crippen LogP contribution in [0.25, 0.3) is 0 Å². The molecule has 1 aromatic rings. The summed E-state index contributed by atoms with van der Waals surface area (Å²) in [5.74, 6) is 0.720. The van der Waals surface area contributed by atoms with Crippen molar-refractivity contribution >= 4 is 5.97 Å². The van der Waals surface area contributed by atoms with Crippen LogP contribution >= 0.6 is 0 Å². The van der Waals surface area contributed by atoms with Crippen LogP contribution in [0.15, 0.2) is 10.5 Å². The molecule has 100 valence electrons. The van der Waals surface area contributed by atoms with Gasteiger partial charge in [0.15, 0.2) is 0 Å². The smallest absolute Gasteiger partial charge is 0.374 e. The minimum atomic E-state index is -0.385. The number of carbonyl (C=O) groups excluding carboxylic acids is 1. The molecule has 0 unspecified atom stereocenters. The lowest BCUT2D eigenvalue weighted by atomic mass is 10.2. The molecule has 18 heavy (non-hydrogen) atoms. The molecule has 0 aromatic carbocycles. The molecule has 1 aliphatic heterocycles. The largest absolute Gasteiger partial charge is 0.460 e. The molecule has 0 bridgehead atoms. The number of hydrogen-bond acceptors (Lipinski definition) is 4. The number of rotatable bonds is 4. The molecule has 0 saturated carbocycles. The van der Waals surface area contributed by atoms with Crippen LogP contribution in [0, 0.1) is 6.92 Å². The van der Waals surface area contributed by atoms with E-state index in [-0.39, 0.29) is 5.97 Å². The van der Waals surface area contributed by atoms with Crippen LogP contribution in [0.2, 0.25) is 0 Å². The molecule has 1 aliphatic rings. The lowest BCUT2D eigenvalue weighted by Crippen LogP contribution is -3.12. The maximum atomic E-state index is 11.6. The van der Waals surface area contributed by atoms with Crippen molar-refractivity contribution in [1.29, 1.82) is 0 Å². The van der Waals surface area contributed by atoms with Gasteiger partial charge in [0.2, 0.25) is 5.76 Å². The lowest BCUT2D eigenvalue weighted by molar-refractivity contribution is -0.921. The Bertz CT molecular complexity index is 407. The molecule has 2 heterocycles. The molecule has 5 nitrogen and oxygen atoms in total. The van der Waals surface area contributed by atoms with Crippen molar-refractivity contribution in [1.82, 2.24) is 0 Å². The maximum Gasteiger partial charge on any atom is 0.374 e. The third-order valence-electron chi connectivity index (χ3n) is 3.14. The van der Waals surface area contributed by atoms with Gasteiger partial charge in [0.1, 0.15) is 25.4 Å². The summed E-state index contributed by atoms with van der Waals surface area (Å²) in [6.45, 7) is 8.51. The highest BCUT2D eigenvalue weighted by atomic mass is 16.5. The number of hydrogen-bond donors (Lipinski definition) is 1. The molecule has 1 saturated heterocycles. The van der Waals surface area contributed by atoms with E-state index in [2.05, 4.69) is 0 Å². The second kappa shape index (κ2) is 6.02. The average molecular weight is 254 g/mol. The quantitative estimate of drug-likeness (QED) is 0.779. The van der Waals surface area contributed by atoms with Gasteiger partial charge in [-0.25, -0.2) is 4.79 Å². The van der Waals surface area contributed by atoms with Crippen LogP contribution in [0.4, 0.5) is 0 Å². The van der Waals surface area contributed by atoms with Crippen LogP contribution < -0.4 is 4.90 Å². The summed E-state index contributed by atoms with van der Waals surface area (Å²) in [5.41, 5.74) is 1.08. The van der Waals surface area contributed by atoms with Gasteiger partial charge >= 0.3 is 5.97 Å². The maximum absolute atomic E-state index is 11.6. The zero-order chi connectivity index (χ0) is 13.0. The Balaban J connectivity index is 2.01. The molecule has 1 N–H and O–H groups in total. The molecule has 0 spiro atoms. The summed E-state index contributed by atoms with van der Waals surface area (Å²) in [7, 11) is 0. The van der Waals surface area contributed by atoms with Crippen LogP contribution in [0.3, 0.4) is 0 Å². The summed E-state index contributed by atoms with van der Waals surface area (Å²) in [5, 5.41) is 0. The van der Waals surface area contributed by atoms with Crippen molar-refractivity contribution in [3.05, 3.63) is 23.2 Å². The Morgan fingerprint density at radius 2 is 2.17 bits per heavy atom. The first-order chi connectivity index (χ1) is 8.70. The summed E-state index contributed by atoms with van der Waals surface area (Å²) in [6, 6.07) is 1.80. The monoisotopic (exact) mass is 254 g/mol. The number of morpholine rings is 1. The van der Waals surface area contributed by atoms with E-state index in [1.54, 1.807) is 13.0 Å². The van der Waals surface area contributed by atoms with E-state index in [1.807, 2.05) is 6.92 Å². The first kappa shape index (κ1) is 13.1. The van der Waals surface area contributed by atoms with Gasteiger partial charge in [0.05, 0.1) is 19.8 Å². The van der Waals surface area contributed by atoms with Crippen molar-refractivity contribution in [3.63, 3.8) is 0 Å². The number of carbonyl (C=O) groups is 1. The number of aryl methyl sites for hydroxylation is 1. The molecule has 0 amide bonds. The van der Waals surface area contributed by atoms with Gasteiger partial charge < -0.3 is 18.8 Å². The summed E-state index contributed by atoms with van der Waals surface area (Å²) < 4.78 is 15.7. The molecule has 0 radical (unpaired) electrons. The Labute approximate surface area is 107 Å². The first-order valence-electron chi connectivity index (χ1n) is 6.38. The summed E-state index contributed by atoms with van der Waals surface area (Å²) >= 11 is 0. The summed E-state index contributed by atoms with van der Waals surface area (Å²) in [4.78, 5) is 13.0. The third kappa shape index (κ3) is 3.11. The average Bonchev–Trinajstić information content (AvgIpc) is 2.73. The fourth-order valence-corrected chi connectivity index (χ4v) is 2.10. The van der Waals surface area contributed by atoms with E-state index < -0.39 is 0 Å². The second-order valence-corrected chi connectivity index (χ2v) is 4.45. The molecule has 0 atom stereocenters. The topological polar surface area (TPSA) is 53.1 Å². The zero-order valence-corrected chi connectivity index (χ0v) is 11.0. The fraction of sp³-hybridized carbons (Fsp3) is 0.615. The van der Waals surface area contributed by atoms with Gasteiger partial charge in [0, 0.05) is 11.6 Å². The van der Waals surface area contributed by atoms with E-state index in [4.69, 9.17) is 13.9 Å². The van der Waals surface area contributed by atoms with Gasteiger partial charge in [0.25, 0.3) is 0 Å². The number of nitrogens with one attached hydrogen (secondary N) is 1. The van der Waals surface area contributed by atoms with Gasteiger partial charge in [-0.3, -0.25) is 0 Å². The Kier molecular flexibility index (Phi) is 4.38. The van der Waals surface area contributed by atoms with E-state index in [1.165, 1.54) is 4.90 Å². The molecule has 1 fully saturated rings. The Morgan fingerprint density at radius 1 is 1.44 bits per heavy atom. The molecule has 0 aliphatic carbocycles. The third-order valence-corrected chi connectivity index (χ3v) is 3.14. The van der Waals surface area contributed by atoms with Gasteiger partial charge in [-0.15, -0.1) is 0 Å². The van der Waals surface area contributed by atoms with Crippen molar-refractivity contribution in [2.24, 2.45) is 0 Å². The predicted molar refractivity (Wildman–Crippen MR) is 64.6 cm³/mol. The van der Waals surface area contributed by atoms with E-state index in [0.29, 0.717) is 12.4 Å². The molecule has 5 heteroatoms. The van der Waals surface area contributed by atoms with Crippen molar-refractivity contribution < 1.29 is 23.6 Å². The predicted octanol–water partition coefficient (Wildman–Crippen LogP) is 0.180.